The van der Waals surface area contributed by atoms with Crippen molar-refractivity contribution < 1.29 is 110 Å². The van der Waals surface area contributed by atoms with Crippen molar-refractivity contribution in [3.05, 3.63) is 190 Å². The van der Waals surface area contributed by atoms with E-state index in [2.05, 4.69) is 51.7 Å². The maximum Gasteiger partial charge on any atom is 3.00 e. The monoisotopic (exact) mass is 1630 g/mol. The van der Waals surface area contributed by atoms with E-state index in [1.54, 1.807) is 121 Å². The number of carboxylic acid groups (broad SMARTS) is 3. The summed E-state index contributed by atoms with van der Waals surface area (Å²) in [7, 11) is 7.67. The molecule has 3 unspecified atom stereocenters. The number of ketones is 2. The zero-order chi connectivity index (χ0) is 84.5. The SMILES string of the molecule is CC(O)C(=O)O.CC(O)C(=O)O.CC(O)C(=O)[O-].CC1=NN(c2ccc(N/N=C3/C(=O)N(CCCN(C)C)C(=O)C([n+]4ccccc4)=C3C)cc2)C(=O)/C1=N/N=C1/C=C(N([O-])[O-])C=CC1=O.CC1=NN(c2ccc(N/N=C3/C(=O)N(CCCN(C)C)C(=O)C([n+]4ccccc4)=C3C)cc2)C(=O)/C1=N/N=C1/C=C(N([O-])[O-])C=CC1=O.[Fe+3]. The molecule has 3 atom stereocenters. The van der Waals surface area contributed by atoms with Crippen LogP contribution >= 0.6 is 0 Å². The Hall–Kier alpha value is -13.1. The maximum absolute atomic E-state index is 13.5. The smallest absolute Gasteiger partial charge is 0.769 e. The van der Waals surface area contributed by atoms with Gasteiger partial charge in [-0.25, -0.2) is 9.59 Å². The maximum atomic E-state index is 13.5. The second-order valence-corrected chi connectivity index (χ2v) is 25.1. The molecular weight excluding hydrogens is 1550 g/mol. The fourth-order valence-electron chi connectivity index (χ4n) is 9.80. The second kappa shape index (κ2) is 43.1. The van der Waals surface area contributed by atoms with Crippen LogP contribution in [0.25, 0.3) is 11.4 Å². The zero-order valence-corrected chi connectivity index (χ0v) is 64.6. The Kier molecular flexibility index (Phi) is 34.6. The third-order valence-electron chi connectivity index (χ3n) is 15.8. The minimum absolute atomic E-state index is 0. The van der Waals surface area contributed by atoms with Crippen LogP contribution in [0.4, 0.5) is 22.7 Å². The number of nitrogens with one attached hydrogen (secondary N) is 2. The van der Waals surface area contributed by atoms with Crippen LogP contribution in [0.1, 0.15) is 61.3 Å². The first kappa shape index (κ1) is 92.5. The molecule has 2 aromatic carbocycles. The number of aliphatic carboxylic acids is 3. The molecule has 2 aliphatic carbocycles. The number of nitrogens with zero attached hydrogens (tertiary/aromatic N) is 18. The Bertz CT molecular complexity index is 4510. The van der Waals surface area contributed by atoms with Gasteiger partial charge < -0.3 is 76.5 Å². The Morgan fingerprint density at radius 2 is 0.791 bits per heavy atom. The summed E-state index contributed by atoms with van der Waals surface area (Å²) in [5.74, 6) is -8.06. The van der Waals surface area contributed by atoms with Gasteiger partial charge in [0.05, 0.1) is 57.4 Å². The number of hydrazone groups is 4. The van der Waals surface area contributed by atoms with Crippen LogP contribution in [0.2, 0.25) is 0 Å². The number of benzene rings is 2. The van der Waals surface area contributed by atoms with Gasteiger partial charge in [0, 0.05) is 48.7 Å². The first-order valence-corrected chi connectivity index (χ1v) is 34.1. The van der Waals surface area contributed by atoms with Crippen molar-refractivity contribution in [1.29, 1.82) is 0 Å². The van der Waals surface area contributed by atoms with Crippen LogP contribution in [0, 0.1) is 20.8 Å². The van der Waals surface area contributed by atoms with Gasteiger partial charge >= 0.3 is 52.6 Å². The summed E-state index contributed by atoms with van der Waals surface area (Å²) in [6, 6.07) is 23.7. The minimum atomic E-state index is -1.44. The van der Waals surface area contributed by atoms with Crippen molar-refractivity contribution in [3.8, 4) is 0 Å². The van der Waals surface area contributed by atoms with E-state index in [4.69, 9.17) is 25.5 Å². The fourth-order valence-corrected chi connectivity index (χ4v) is 9.80. The molecule has 0 bridgehead atoms. The molecule has 6 amide bonds. The number of imide groups is 2. The summed E-state index contributed by atoms with van der Waals surface area (Å²) in [6.45, 7) is 11.8. The van der Waals surface area contributed by atoms with E-state index in [0.717, 1.165) is 53.4 Å². The van der Waals surface area contributed by atoms with Crippen molar-refractivity contribution in [2.24, 2.45) is 40.8 Å². The topological polar surface area (TPSA) is 561 Å². The number of aliphatic hydroxyl groups is 3. The predicted octanol–water partition coefficient (Wildman–Crippen LogP) is 0.685. The summed E-state index contributed by atoms with van der Waals surface area (Å²) in [4.78, 5) is 139. The average Bonchev–Trinajstić information content (AvgIpc) is 1.67. The molecule has 0 spiro atoms. The van der Waals surface area contributed by atoms with Gasteiger partial charge in [0.1, 0.15) is 23.6 Å². The molecule has 1 radical (unpaired) electrons. The zero-order valence-electron chi connectivity index (χ0n) is 63.5. The molecule has 115 heavy (non-hydrogen) atoms. The summed E-state index contributed by atoms with van der Waals surface area (Å²) in [5, 5.41) is 126. The van der Waals surface area contributed by atoms with Crippen LogP contribution < -0.4 is 35.1 Å². The van der Waals surface area contributed by atoms with E-state index in [1.807, 2.05) is 50.1 Å². The van der Waals surface area contributed by atoms with Crippen molar-refractivity contribution in [2.75, 3.05) is 75.2 Å². The number of hydrogen-bond acceptors (Lipinski definition) is 33. The van der Waals surface area contributed by atoms with E-state index in [-0.39, 0.29) is 87.2 Å². The molecule has 605 valence electrons. The number of hydrogen-bond donors (Lipinski definition) is 7. The molecule has 2 aromatic heterocycles. The van der Waals surface area contributed by atoms with E-state index in [9.17, 15) is 78.7 Å². The summed E-state index contributed by atoms with van der Waals surface area (Å²) < 4.78 is 3.33. The van der Waals surface area contributed by atoms with Crippen LogP contribution in [0.15, 0.2) is 210 Å². The standard InChI is InChI=1S/2C32H31N10O6.3C3H6O3.Fe/c2*1-20-27(30(44)40(18-8-15-38(3)4)32(46)29(20)39-16-6-5-7-17-39)35-33-22-9-11-23(12-10-22)41-31(45)28(21(2)37-41)36-34-25-19-24(42(47)48)13-14-26(25)43;3*1-2(4)3(5)6;/h2*5-7,9-14,16-17,19,33H,8,15,18H2,1-4H3;3*2,4H,1H3,(H,5,6);/q2*-1;;;;+3/p-1/b2*34-25-,35-27+,36-28+;;;;. The number of hydroxylamine groups is 4. The first-order chi connectivity index (χ1) is 53.8. The molecule has 0 fully saturated rings. The van der Waals surface area contributed by atoms with Crippen molar-refractivity contribution >= 4 is 145 Å². The molecule has 6 aliphatic rings. The van der Waals surface area contributed by atoms with Gasteiger partial charge in [0.15, 0.2) is 47.6 Å². The van der Waals surface area contributed by atoms with Crippen LogP contribution in [-0.4, -0.2) is 239 Å². The van der Waals surface area contributed by atoms with Crippen LogP contribution in [-0.2, 0) is 69.8 Å². The van der Waals surface area contributed by atoms with Crippen LogP contribution in [0.3, 0.4) is 0 Å². The number of amides is 6. The number of pyridine rings is 2. The summed E-state index contributed by atoms with van der Waals surface area (Å²) in [6.07, 6.45) is 10.4. The minimum Gasteiger partial charge on any atom is -0.769 e. The van der Waals surface area contributed by atoms with Crippen molar-refractivity contribution in [2.45, 2.75) is 79.6 Å². The number of carbonyl (C=O) groups is 11. The number of carboxylic acids is 3. The molecule has 7 N–H and O–H groups in total. The Labute approximate surface area is 666 Å². The fraction of sp³-hybridized carbons (Fsp3) is 0.274. The van der Waals surface area contributed by atoms with Gasteiger partial charge in [-0.2, -0.15) is 39.6 Å². The average molecular weight is 1630 g/mol. The molecule has 6 heterocycles. The molecule has 42 heteroatoms. The molecule has 4 aliphatic heterocycles. The number of rotatable bonds is 23. The van der Waals surface area contributed by atoms with Crippen molar-refractivity contribution in [1.82, 2.24) is 30.1 Å². The number of carbonyl (C=O) groups excluding carboxylic acids is 9. The third-order valence-corrected chi connectivity index (χ3v) is 15.8. The predicted molar refractivity (Wildman–Crippen MR) is 414 cm³/mol. The van der Waals surface area contributed by atoms with E-state index in [0.29, 0.717) is 71.2 Å². The Morgan fingerprint density at radius 3 is 1.07 bits per heavy atom. The first-order valence-electron chi connectivity index (χ1n) is 34.1. The van der Waals surface area contributed by atoms with E-state index < -0.39 is 93.7 Å². The van der Waals surface area contributed by atoms with E-state index in [1.165, 1.54) is 37.5 Å². The Morgan fingerprint density at radius 1 is 0.478 bits per heavy atom. The molecular formula is C73H79FeN20O21. The van der Waals surface area contributed by atoms with Gasteiger partial charge in [0.25, 0.3) is 23.2 Å². The molecule has 41 nitrogen and oxygen atoms in total. The summed E-state index contributed by atoms with van der Waals surface area (Å²) >= 11 is 0. The third kappa shape index (κ3) is 25.4. The molecule has 0 saturated carbocycles. The largest absolute Gasteiger partial charge is 3.00 e. The van der Waals surface area contributed by atoms with Gasteiger partial charge in [-0.1, -0.05) is 12.1 Å². The molecule has 0 saturated heterocycles. The summed E-state index contributed by atoms with van der Waals surface area (Å²) in [5.41, 5.74) is 8.06. The van der Waals surface area contributed by atoms with Gasteiger partial charge in [-0.3, -0.25) is 59.0 Å². The second-order valence-electron chi connectivity index (χ2n) is 25.1. The van der Waals surface area contributed by atoms with Crippen LogP contribution in [0.5, 0.6) is 0 Å². The molecule has 4 aromatic rings. The Balaban J connectivity index is 0.000000335. The number of anilines is 4. The quantitative estimate of drug-likeness (QED) is 0.0176. The molecule has 10 rings (SSSR count). The van der Waals surface area contributed by atoms with Gasteiger partial charge in [0.2, 0.25) is 11.6 Å². The van der Waals surface area contributed by atoms with Gasteiger partial charge in [-0.15, -0.1) is 20.4 Å². The van der Waals surface area contributed by atoms with E-state index >= 15 is 0 Å². The normalized spacial score (nSPS) is 18.3. The number of allylic oxidation sites excluding steroid dienone is 6. The van der Waals surface area contributed by atoms with Crippen molar-refractivity contribution in [3.63, 3.8) is 0 Å². The number of aliphatic hydroxyl groups excluding tert-OH is 3. The number of aromatic nitrogens is 2. The van der Waals surface area contributed by atoms with Gasteiger partial charge in [-0.05, 0) is 188 Å².